The maximum Gasteiger partial charge on any atom is 0.335 e. The summed E-state index contributed by atoms with van der Waals surface area (Å²) in [6.45, 7) is 10.5. The van der Waals surface area contributed by atoms with Gasteiger partial charge in [-0.2, -0.15) is 0 Å². The molecule has 0 aromatic heterocycles. The Morgan fingerprint density at radius 2 is 1.47 bits per heavy atom. The largest absolute Gasteiger partial charge is 0.479 e. The predicted octanol–water partition coefficient (Wildman–Crippen LogP) is 1.83. The standard InChI is InChI=1S/C8H16O2.C4H8O3/c1-5-8(3,4)7(9)10-6-2;1-4(2,7)3(5)6/h5-6H2,1-4H3;7H,1-2H3,(H,5,6). The Bertz CT molecular complexity index is 250. The van der Waals surface area contributed by atoms with Crippen LogP contribution < -0.4 is 0 Å². The number of ether oxygens (including phenoxy) is 1. The Kier molecular flexibility index (Phi) is 7.81. The van der Waals surface area contributed by atoms with Gasteiger partial charge in [0.25, 0.3) is 0 Å². The molecule has 5 nitrogen and oxygen atoms in total. The van der Waals surface area contributed by atoms with E-state index in [0.717, 1.165) is 6.42 Å². The van der Waals surface area contributed by atoms with Crippen LogP contribution in [0.1, 0.15) is 48.0 Å². The highest BCUT2D eigenvalue weighted by atomic mass is 16.5. The first-order valence-corrected chi connectivity index (χ1v) is 5.62. The maximum absolute atomic E-state index is 11.1. The summed E-state index contributed by atoms with van der Waals surface area (Å²) in [7, 11) is 0. The summed E-state index contributed by atoms with van der Waals surface area (Å²) in [5, 5.41) is 16.5. The molecule has 0 rings (SSSR count). The van der Waals surface area contributed by atoms with Crippen molar-refractivity contribution >= 4 is 11.9 Å². The third-order valence-corrected chi connectivity index (χ3v) is 2.24. The zero-order valence-corrected chi connectivity index (χ0v) is 11.5. The first kappa shape index (κ1) is 18.3. The third kappa shape index (κ3) is 8.68. The van der Waals surface area contributed by atoms with Gasteiger partial charge in [-0.3, -0.25) is 4.79 Å². The fourth-order valence-corrected chi connectivity index (χ4v) is 0.471. The van der Waals surface area contributed by atoms with E-state index in [0.29, 0.717) is 6.61 Å². The maximum atomic E-state index is 11.1. The van der Waals surface area contributed by atoms with Gasteiger partial charge >= 0.3 is 11.9 Å². The van der Waals surface area contributed by atoms with Crippen LogP contribution in [0.2, 0.25) is 0 Å². The summed E-state index contributed by atoms with van der Waals surface area (Å²) in [6, 6.07) is 0. The number of hydrogen-bond acceptors (Lipinski definition) is 4. The van der Waals surface area contributed by atoms with Crippen LogP contribution in [0.4, 0.5) is 0 Å². The van der Waals surface area contributed by atoms with Gasteiger partial charge < -0.3 is 14.9 Å². The minimum atomic E-state index is -1.58. The van der Waals surface area contributed by atoms with Crippen LogP contribution in [0, 0.1) is 5.41 Å². The molecule has 5 heteroatoms. The molecule has 0 unspecified atom stereocenters. The van der Waals surface area contributed by atoms with E-state index in [4.69, 9.17) is 14.9 Å². The van der Waals surface area contributed by atoms with E-state index in [-0.39, 0.29) is 11.4 Å². The Labute approximate surface area is 103 Å². The van der Waals surface area contributed by atoms with Crippen molar-refractivity contribution in [3.63, 3.8) is 0 Å². The molecule has 0 amide bonds. The second-order valence-corrected chi connectivity index (χ2v) is 4.82. The molecule has 0 bridgehead atoms. The molecule has 102 valence electrons. The molecule has 0 aliphatic rings. The smallest absolute Gasteiger partial charge is 0.335 e. The lowest BCUT2D eigenvalue weighted by atomic mass is 9.91. The van der Waals surface area contributed by atoms with E-state index in [1.807, 2.05) is 27.7 Å². The summed E-state index contributed by atoms with van der Waals surface area (Å²) >= 11 is 0. The van der Waals surface area contributed by atoms with Gasteiger partial charge in [0, 0.05) is 0 Å². The van der Waals surface area contributed by atoms with E-state index in [1.54, 1.807) is 0 Å². The van der Waals surface area contributed by atoms with Gasteiger partial charge in [0.05, 0.1) is 12.0 Å². The number of esters is 1. The molecule has 0 atom stereocenters. The summed E-state index contributed by atoms with van der Waals surface area (Å²) < 4.78 is 4.86. The van der Waals surface area contributed by atoms with Crippen molar-refractivity contribution in [1.82, 2.24) is 0 Å². The van der Waals surface area contributed by atoms with Gasteiger partial charge in [0.1, 0.15) is 0 Å². The SMILES string of the molecule is CC(C)(O)C(=O)O.CCOC(=O)C(C)(C)CC. The summed E-state index contributed by atoms with van der Waals surface area (Å²) in [4.78, 5) is 20.8. The molecule has 0 aliphatic heterocycles. The number of carboxylic acids is 1. The Hall–Kier alpha value is -1.10. The van der Waals surface area contributed by atoms with Gasteiger partial charge in [-0.05, 0) is 41.0 Å². The van der Waals surface area contributed by atoms with Crippen molar-refractivity contribution in [2.45, 2.75) is 53.6 Å². The Morgan fingerprint density at radius 1 is 1.12 bits per heavy atom. The molecular weight excluding hydrogens is 224 g/mol. The first-order valence-electron chi connectivity index (χ1n) is 5.62. The van der Waals surface area contributed by atoms with Gasteiger partial charge in [-0.15, -0.1) is 0 Å². The average Bonchev–Trinajstić information content (AvgIpc) is 2.17. The average molecular weight is 248 g/mol. The lowest BCUT2D eigenvalue weighted by Gasteiger charge is -2.19. The number of aliphatic hydroxyl groups is 1. The zero-order valence-electron chi connectivity index (χ0n) is 11.5. The highest BCUT2D eigenvalue weighted by Crippen LogP contribution is 2.20. The molecule has 0 heterocycles. The van der Waals surface area contributed by atoms with Crippen molar-refractivity contribution in [2.75, 3.05) is 6.61 Å². The lowest BCUT2D eigenvalue weighted by Crippen LogP contribution is -2.30. The molecular formula is C12H24O5. The number of rotatable bonds is 4. The van der Waals surface area contributed by atoms with E-state index in [2.05, 4.69) is 0 Å². The summed E-state index contributed by atoms with van der Waals surface area (Å²) in [5.74, 6) is -1.30. The molecule has 0 radical (unpaired) electrons. The minimum Gasteiger partial charge on any atom is -0.479 e. The minimum absolute atomic E-state index is 0.0995. The van der Waals surface area contributed by atoms with E-state index >= 15 is 0 Å². The van der Waals surface area contributed by atoms with Gasteiger partial charge in [0.15, 0.2) is 5.60 Å². The zero-order chi connectivity index (χ0) is 14.3. The molecule has 0 aliphatic carbocycles. The summed E-state index contributed by atoms with van der Waals surface area (Å²) in [5.41, 5.74) is -1.89. The van der Waals surface area contributed by atoms with Crippen molar-refractivity contribution in [3.8, 4) is 0 Å². The van der Waals surface area contributed by atoms with Gasteiger partial charge in [0.2, 0.25) is 0 Å². The Balaban J connectivity index is 0. The molecule has 0 spiro atoms. The van der Waals surface area contributed by atoms with Crippen LogP contribution in [0.25, 0.3) is 0 Å². The normalized spacial score (nSPS) is 11.2. The molecule has 0 aromatic rings. The topological polar surface area (TPSA) is 83.8 Å². The number of aliphatic carboxylic acids is 1. The Morgan fingerprint density at radius 3 is 1.65 bits per heavy atom. The van der Waals surface area contributed by atoms with E-state index in [1.165, 1.54) is 13.8 Å². The molecule has 0 aromatic carbocycles. The molecule has 0 saturated heterocycles. The monoisotopic (exact) mass is 248 g/mol. The van der Waals surface area contributed by atoms with Crippen molar-refractivity contribution in [2.24, 2.45) is 5.41 Å². The predicted molar refractivity (Wildman–Crippen MR) is 64.6 cm³/mol. The number of carboxylic acid groups (broad SMARTS) is 1. The van der Waals surface area contributed by atoms with Crippen LogP contribution in [0.15, 0.2) is 0 Å². The van der Waals surface area contributed by atoms with E-state index < -0.39 is 11.6 Å². The highest BCUT2D eigenvalue weighted by Gasteiger charge is 2.26. The third-order valence-electron chi connectivity index (χ3n) is 2.24. The summed E-state index contributed by atoms with van der Waals surface area (Å²) in [6.07, 6.45) is 0.825. The number of hydrogen-bond donors (Lipinski definition) is 2. The quantitative estimate of drug-likeness (QED) is 0.741. The van der Waals surface area contributed by atoms with Crippen LogP contribution in [-0.2, 0) is 14.3 Å². The molecule has 0 fully saturated rings. The highest BCUT2D eigenvalue weighted by molar-refractivity contribution is 5.76. The fraction of sp³-hybridized carbons (Fsp3) is 0.833. The number of carbonyl (C=O) groups is 2. The second-order valence-electron chi connectivity index (χ2n) is 4.82. The van der Waals surface area contributed by atoms with Crippen LogP contribution in [0.3, 0.4) is 0 Å². The van der Waals surface area contributed by atoms with Gasteiger partial charge in [-0.25, -0.2) is 4.79 Å². The van der Waals surface area contributed by atoms with Crippen molar-refractivity contribution in [1.29, 1.82) is 0 Å². The van der Waals surface area contributed by atoms with Crippen LogP contribution in [-0.4, -0.2) is 34.4 Å². The van der Waals surface area contributed by atoms with Crippen molar-refractivity contribution in [3.05, 3.63) is 0 Å². The molecule has 17 heavy (non-hydrogen) atoms. The van der Waals surface area contributed by atoms with Crippen LogP contribution >= 0.6 is 0 Å². The van der Waals surface area contributed by atoms with Crippen molar-refractivity contribution < 1.29 is 24.5 Å². The fourth-order valence-electron chi connectivity index (χ4n) is 0.471. The number of carbonyl (C=O) groups excluding carboxylic acids is 1. The van der Waals surface area contributed by atoms with Gasteiger partial charge in [-0.1, -0.05) is 6.92 Å². The van der Waals surface area contributed by atoms with Crippen LogP contribution in [0.5, 0.6) is 0 Å². The first-order chi connectivity index (χ1) is 7.49. The molecule has 0 saturated carbocycles. The second kappa shape index (κ2) is 7.27. The van der Waals surface area contributed by atoms with E-state index in [9.17, 15) is 9.59 Å². The lowest BCUT2D eigenvalue weighted by molar-refractivity contribution is -0.154. The molecule has 2 N–H and O–H groups in total.